The second-order valence-electron chi connectivity index (χ2n) is 8.14. The molecule has 2 fully saturated rings. The van der Waals surface area contributed by atoms with Crippen molar-refractivity contribution in [3.8, 4) is 5.75 Å². The Labute approximate surface area is 144 Å². The Hall–Kier alpha value is -1.42. The Morgan fingerprint density at radius 1 is 0.958 bits per heavy atom. The summed E-state index contributed by atoms with van der Waals surface area (Å²) in [4.78, 5) is 0. The van der Waals surface area contributed by atoms with Crippen LogP contribution >= 0.6 is 0 Å². The number of rotatable bonds is 8. The van der Waals surface area contributed by atoms with E-state index in [0.717, 1.165) is 42.0 Å². The third kappa shape index (κ3) is 3.97. The third-order valence-electron chi connectivity index (χ3n) is 6.02. The van der Waals surface area contributed by atoms with Crippen molar-refractivity contribution in [3.05, 3.63) is 18.2 Å². The van der Waals surface area contributed by atoms with Crippen molar-refractivity contribution >= 4 is 11.4 Å². The summed E-state index contributed by atoms with van der Waals surface area (Å²) in [7, 11) is 0. The number of nitrogens with one attached hydrogen (secondary N) is 2. The lowest BCUT2D eigenvalue weighted by Gasteiger charge is -2.33. The fraction of sp³-hybridized carbons (Fsp3) is 0.700. The molecular formula is C20H30N2O2. The van der Waals surface area contributed by atoms with Crippen molar-refractivity contribution in [1.29, 1.82) is 0 Å². The van der Waals surface area contributed by atoms with Crippen LogP contribution in [0.25, 0.3) is 0 Å². The zero-order chi connectivity index (χ0) is 16.5. The predicted molar refractivity (Wildman–Crippen MR) is 97.2 cm³/mol. The highest BCUT2D eigenvalue weighted by Crippen LogP contribution is 2.50. The van der Waals surface area contributed by atoms with Crippen LogP contribution in [-0.4, -0.2) is 22.5 Å². The third-order valence-corrected chi connectivity index (χ3v) is 6.02. The van der Waals surface area contributed by atoms with Gasteiger partial charge in [0.25, 0.3) is 0 Å². The van der Waals surface area contributed by atoms with E-state index < -0.39 is 6.23 Å². The van der Waals surface area contributed by atoms with Gasteiger partial charge in [0.15, 0.2) is 0 Å². The Kier molecular flexibility index (Phi) is 4.57. The van der Waals surface area contributed by atoms with E-state index in [9.17, 15) is 10.2 Å². The number of aromatic hydroxyl groups is 1. The van der Waals surface area contributed by atoms with E-state index in [-0.39, 0.29) is 11.8 Å². The molecule has 132 valence electrons. The van der Waals surface area contributed by atoms with Gasteiger partial charge in [0.05, 0.1) is 17.4 Å². The van der Waals surface area contributed by atoms with Gasteiger partial charge in [-0.2, -0.15) is 0 Å². The maximum atomic E-state index is 10.2. The molecule has 3 aliphatic rings. The molecule has 2 saturated carbocycles. The Morgan fingerprint density at radius 2 is 1.79 bits per heavy atom. The summed E-state index contributed by atoms with van der Waals surface area (Å²) in [5, 5.41) is 26.2. The number of benzene rings is 1. The van der Waals surface area contributed by atoms with E-state index in [4.69, 9.17) is 0 Å². The van der Waals surface area contributed by atoms with Gasteiger partial charge in [0.2, 0.25) is 0 Å². The van der Waals surface area contributed by atoms with Gasteiger partial charge in [0.1, 0.15) is 12.0 Å². The Balaban J connectivity index is 1.13. The molecule has 0 amide bonds. The number of unbranched alkanes of at least 4 members (excludes halogenated alkanes) is 2. The maximum Gasteiger partial charge on any atom is 0.144 e. The van der Waals surface area contributed by atoms with Crippen LogP contribution < -0.4 is 10.6 Å². The maximum absolute atomic E-state index is 10.2. The van der Waals surface area contributed by atoms with Crippen LogP contribution in [0.4, 0.5) is 11.4 Å². The quantitative estimate of drug-likeness (QED) is 0.424. The highest BCUT2D eigenvalue weighted by Gasteiger charge is 2.39. The predicted octanol–water partition coefficient (Wildman–Crippen LogP) is 4.30. The van der Waals surface area contributed by atoms with Crippen LogP contribution in [-0.2, 0) is 0 Å². The van der Waals surface area contributed by atoms with Gasteiger partial charge < -0.3 is 20.8 Å². The minimum absolute atomic E-state index is 0.0468. The van der Waals surface area contributed by atoms with E-state index in [1.165, 1.54) is 44.9 Å². The molecule has 24 heavy (non-hydrogen) atoms. The summed E-state index contributed by atoms with van der Waals surface area (Å²) in [6, 6.07) is 5.24. The summed E-state index contributed by atoms with van der Waals surface area (Å²) in [6.45, 7) is 0. The molecular weight excluding hydrogens is 300 g/mol. The topological polar surface area (TPSA) is 64.5 Å². The van der Waals surface area contributed by atoms with Gasteiger partial charge in [-0.1, -0.05) is 38.5 Å². The van der Waals surface area contributed by atoms with Crippen LogP contribution in [0.5, 0.6) is 5.75 Å². The van der Waals surface area contributed by atoms with Crippen molar-refractivity contribution in [2.45, 2.75) is 70.1 Å². The van der Waals surface area contributed by atoms with Gasteiger partial charge >= 0.3 is 0 Å². The van der Waals surface area contributed by atoms with Gasteiger partial charge in [-0.15, -0.1) is 0 Å². The first-order chi connectivity index (χ1) is 11.7. The van der Waals surface area contributed by atoms with Crippen LogP contribution in [0.3, 0.4) is 0 Å². The number of aliphatic hydroxyl groups is 1. The first-order valence-corrected chi connectivity index (χ1v) is 9.73. The number of hydrogen-bond acceptors (Lipinski definition) is 4. The molecule has 0 aromatic heterocycles. The second-order valence-corrected chi connectivity index (χ2v) is 8.14. The highest BCUT2D eigenvalue weighted by molar-refractivity contribution is 5.73. The standard InChI is InChI=1S/C20H30N2O2/c23-16-8-9-17-19(12-16)22-20(24)18(21-17)5-3-1-2-4-14-11-15(14)10-13-6-7-13/h8-9,12-15,18,20-24H,1-7,10-11H2/t14-,15?,18?,20?/m1/s1. The molecule has 4 N–H and O–H groups in total. The summed E-state index contributed by atoms with van der Waals surface area (Å²) in [6.07, 6.45) is 11.6. The first-order valence-electron chi connectivity index (χ1n) is 9.73. The fourth-order valence-corrected chi connectivity index (χ4v) is 4.23. The summed E-state index contributed by atoms with van der Waals surface area (Å²) >= 11 is 0. The smallest absolute Gasteiger partial charge is 0.144 e. The second kappa shape index (κ2) is 6.83. The van der Waals surface area contributed by atoms with Crippen molar-refractivity contribution in [2.24, 2.45) is 17.8 Å². The lowest BCUT2D eigenvalue weighted by atomic mass is 10.0. The molecule has 1 aromatic carbocycles. The van der Waals surface area contributed by atoms with Crippen LogP contribution in [0.1, 0.15) is 57.8 Å². The van der Waals surface area contributed by atoms with E-state index in [0.29, 0.717) is 0 Å². The average Bonchev–Trinajstić information content (AvgIpc) is 3.47. The number of anilines is 2. The number of phenolic OH excluding ortho intramolecular Hbond substituents is 1. The van der Waals surface area contributed by atoms with E-state index in [1.807, 2.05) is 6.07 Å². The highest BCUT2D eigenvalue weighted by atomic mass is 16.3. The summed E-state index contributed by atoms with van der Waals surface area (Å²) < 4.78 is 0. The van der Waals surface area contributed by atoms with E-state index in [2.05, 4.69) is 10.6 Å². The molecule has 4 rings (SSSR count). The van der Waals surface area contributed by atoms with Crippen molar-refractivity contribution in [3.63, 3.8) is 0 Å². The Morgan fingerprint density at radius 3 is 2.62 bits per heavy atom. The molecule has 2 aliphatic carbocycles. The molecule has 0 bridgehead atoms. The molecule has 4 nitrogen and oxygen atoms in total. The molecule has 1 heterocycles. The molecule has 4 atom stereocenters. The van der Waals surface area contributed by atoms with Crippen LogP contribution in [0, 0.1) is 17.8 Å². The van der Waals surface area contributed by atoms with E-state index >= 15 is 0 Å². The minimum Gasteiger partial charge on any atom is -0.508 e. The van der Waals surface area contributed by atoms with Gasteiger partial charge in [-0.25, -0.2) is 0 Å². The molecule has 0 spiro atoms. The normalized spacial score (nSPS) is 31.0. The molecule has 1 aliphatic heterocycles. The van der Waals surface area contributed by atoms with Gasteiger partial charge in [-0.05, 0) is 49.1 Å². The Bertz CT molecular complexity index is 573. The molecule has 3 unspecified atom stereocenters. The number of fused-ring (bicyclic) bond motifs is 1. The first kappa shape index (κ1) is 16.1. The monoisotopic (exact) mass is 330 g/mol. The SMILES string of the molecule is Oc1ccc2c(c1)NC(O)C(CCCCC[C@@H]1CC1CC1CC1)N2. The number of phenols is 1. The summed E-state index contributed by atoms with van der Waals surface area (Å²) in [5.41, 5.74) is 1.73. The molecule has 1 aromatic rings. The van der Waals surface area contributed by atoms with Gasteiger partial charge in [0, 0.05) is 6.07 Å². The van der Waals surface area contributed by atoms with Crippen LogP contribution in [0.15, 0.2) is 18.2 Å². The molecule has 0 radical (unpaired) electrons. The van der Waals surface area contributed by atoms with Crippen molar-refractivity contribution < 1.29 is 10.2 Å². The molecule has 0 saturated heterocycles. The average molecular weight is 330 g/mol. The largest absolute Gasteiger partial charge is 0.508 e. The van der Waals surface area contributed by atoms with Gasteiger partial charge in [-0.3, -0.25) is 0 Å². The van der Waals surface area contributed by atoms with Crippen LogP contribution in [0.2, 0.25) is 0 Å². The van der Waals surface area contributed by atoms with E-state index in [1.54, 1.807) is 12.1 Å². The lowest BCUT2D eigenvalue weighted by Crippen LogP contribution is -2.42. The lowest BCUT2D eigenvalue weighted by molar-refractivity contribution is 0.171. The molecule has 4 heteroatoms. The number of hydrogen-bond donors (Lipinski definition) is 4. The summed E-state index contributed by atoms with van der Waals surface area (Å²) in [5.74, 6) is 3.41. The van der Waals surface area contributed by atoms with Crippen molar-refractivity contribution in [2.75, 3.05) is 10.6 Å². The fourth-order valence-electron chi connectivity index (χ4n) is 4.23. The zero-order valence-corrected chi connectivity index (χ0v) is 14.4. The number of aliphatic hydroxyl groups excluding tert-OH is 1. The minimum atomic E-state index is -0.592. The zero-order valence-electron chi connectivity index (χ0n) is 14.4. The van der Waals surface area contributed by atoms with Crippen molar-refractivity contribution in [1.82, 2.24) is 0 Å².